The Hall–Kier alpha value is -3.12. The summed E-state index contributed by atoms with van der Waals surface area (Å²) in [7, 11) is 0. The third-order valence-electron chi connectivity index (χ3n) is 5.53. The zero-order valence-electron chi connectivity index (χ0n) is 16.1. The van der Waals surface area contributed by atoms with E-state index >= 15 is 0 Å². The van der Waals surface area contributed by atoms with Gasteiger partial charge in [0.25, 0.3) is 0 Å². The second-order valence-corrected chi connectivity index (χ2v) is 7.63. The summed E-state index contributed by atoms with van der Waals surface area (Å²) in [6.07, 6.45) is 7.85. The minimum Gasteiger partial charge on any atom is -0.298 e. The Balaban J connectivity index is 1.35. The molecule has 0 N–H and O–H groups in total. The lowest BCUT2D eigenvalue weighted by Crippen LogP contribution is -2.34. The fraction of sp³-hybridized carbons (Fsp3) is 0.261. The standard InChI is InChI=1S/C23H22FN5/c24-21-8-5-17(6-9-21)14-28-12-2-4-20(15-28)23-26-22-10-7-19(16-29(22)27-23)18-3-1-11-25-13-18/h1,3,5-11,13,16,20H,2,4,12,14-15H2. The summed E-state index contributed by atoms with van der Waals surface area (Å²) in [5.41, 5.74) is 4.14. The number of aromatic nitrogens is 4. The number of rotatable bonds is 4. The summed E-state index contributed by atoms with van der Waals surface area (Å²) in [5, 5.41) is 4.78. The Labute approximate surface area is 168 Å². The Morgan fingerprint density at radius 3 is 2.76 bits per heavy atom. The van der Waals surface area contributed by atoms with Gasteiger partial charge >= 0.3 is 0 Å². The summed E-state index contributed by atoms with van der Waals surface area (Å²) >= 11 is 0. The lowest BCUT2D eigenvalue weighted by Gasteiger charge is -2.31. The largest absolute Gasteiger partial charge is 0.298 e. The third-order valence-corrected chi connectivity index (χ3v) is 5.53. The highest BCUT2D eigenvalue weighted by Gasteiger charge is 2.25. The molecule has 1 aliphatic rings. The predicted molar refractivity (Wildman–Crippen MR) is 110 cm³/mol. The lowest BCUT2D eigenvalue weighted by molar-refractivity contribution is 0.196. The predicted octanol–water partition coefficient (Wildman–Crippen LogP) is 4.31. The molecule has 0 radical (unpaired) electrons. The van der Waals surface area contributed by atoms with Gasteiger partial charge in [0.1, 0.15) is 5.82 Å². The molecule has 29 heavy (non-hydrogen) atoms. The number of hydrogen-bond donors (Lipinski definition) is 0. The van der Waals surface area contributed by atoms with Gasteiger partial charge in [-0.2, -0.15) is 5.10 Å². The first-order chi connectivity index (χ1) is 14.2. The van der Waals surface area contributed by atoms with Crippen LogP contribution >= 0.6 is 0 Å². The van der Waals surface area contributed by atoms with Crippen molar-refractivity contribution in [3.8, 4) is 11.1 Å². The van der Waals surface area contributed by atoms with Crippen LogP contribution in [0.1, 0.15) is 30.1 Å². The van der Waals surface area contributed by atoms with Gasteiger partial charge in [-0.1, -0.05) is 18.2 Å². The van der Waals surface area contributed by atoms with Crippen LogP contribution in [-0.4, -0.2) is 37.6 Å². The highest BCUT2D eigenvalue weighted by atomic mass is 19.1. The van der Waals surface area contributed by atoms with E-state index in [0.29, 0.717) is 5.92 Å². The van der Waals surface area contributed by atoms with Crippen LogP contribution in [0.4, 0.5) is 4.39 Å². The zero-order valence-corrected chi connectivity index (χ0v) is 16.1. The van der Waals surface area contributed by atoms with Crippen LogP contribution < -0.4 is 0 Å². The van der Waals surface area contributed by atoms with Crippen molar-refractivity contribution in [2.24, 2.45) is 0 Å². The molecule has 1 fully saturated rings. The van der Waals surface area contributed by atoms with E-state index in [-0.39, 0.29) is 5.82 Å². The fourth-order valence-corrected chi connectivity index (χ4v) is 4.04. The van der Waals surface area contributed by atoms with Gasteiger partial charge in [0.2, 0.25) is 0 Å². The molecular formula is C23H22FN5. The van der Waals surface area contributed by atoms with E-state index in [1.165, 1.54) is 12.1 Å². The molecule has 4 aromatic rings. The van der Waals surface area contributed by atoms with Gasteiger partial charge in [0.15, 0.2) is 11.5 Å². The summed E-state index contributed by atoms with van der Waals surface area (Å²) in [6, 6.07) is 14.8. The lowest BCUT2D eigenvalue weighted by atomic mass is 9.97. The minimum atomic E-state index is -0.190. The van der Waals surface area contributed by atoms with Crippen LogP contribution in [-0.2, 0) is 6.54 Å². The first kappa shape index (κ1) is 17.9. The van der Waals surface area contributed by atoms with Crippen LogP contribution in [0.2, 0.25) is 0 Å². The quantitative estimate of drug-likeness (QED) is 0.524. The third kappa shape index (κ3) is 3.89. The Bertz CT molecular complexity index is 1110. The monoisotopic (exact) mass is 387 g/mol. The van der Waals surface area contributed by atoms with Crippen LogP contribution in [0.15, 0.2) is 67.1 Å². The Morgan fingerprint density at radius 2 is 1.93 bits per heavy atom. The van der Waals surface area contributed by atoms with E-state index in [1.54, 1.807) is 6.20 Å². The van der Waals surface area contributed by atoms with Gasteiger partial charge < -0.3 is 0 Å². The van der Waals surface area contributed by atoms with Crippen LogP contribution in [0.5, 0.6) is 0 Å². The second kappa shape index (κ2) is 7.72. The van der Waals surface area contributed by atoms with Crippen molar-refractivity contribution in [3.05, 3.63) is 84.3 Å². The maximum atomic E-state index is 13.2. The molecular weight excluding hydrogens is 365 g/mol. The van der Waals surface area contributed by atoms with Crippen molar-refractivity contribution < 1.29 is 4.39 Å². The topological polar surface area (TPSA) is 46.3 Å². The number of fused-ring (bicyclic) bond motifs is 1. The first-order valence-corrected chi connectivity index (χ1v) is 9.98. The molecule has 0 aliphatic carbocycles. The number of pyridine rings is 2. The van der Waals surface area contributed by atoms with Crippen molar-refractivity contribution in [1.29, 1.82) is 0 Å². The molecule has 1 aliphatic heterocycles. The molecule has 1 unspecified atom stereocenters. The first-order valence-electron chi connectivity index (χ1n) is 9.98. The normalized spacial score (nSPS) is 17.6. The van der Waals surface area contributed by atoms with Crippen molar-refractivity contribution in [3.63, 3.8) is 0 Å². The van der Waals surface area contributed by atoms with Gasteiger partial charge in [0.05, 0.1) is 0 Å². The van der Waals surface area contributed by atoms with E-state index in [0.717, 1.165) is 60.6 Å². The molecule has 5 nitrogen and oxygen atoms in total. The van der Waals surface area contributed by atoms with Crippen molar-refractivity contribution in [2.45, 2.75) is 25.3 Å². The molecule has 1 aromatic carbocycles. The van der Waals surface area contributed by atoms with Gasteiger partial charge in [-0.15, -0.1) is 0 Å². The molecule has 0 spiro atoms. The fourth-order valence-electron chi connectivity index (χ4n) is 4.04. The zero-order chi connectivity index (χ0) is 19.6. The van der Waals surface area contributed by atoms with Crippen molar-refractivity contribution in [1.82, 2.24) is 24.5 Å². The minimum absolute atomic E-state index is 0.190. The molecule has 6 heteroatoms. The number of nitrogens with zero attached hydrogens (tertiary/aromatic N) is 5. The average Bonchev–Trinajstić information content (AvgIpc) is 3.20. The van der Waals surface area contributed by atoms with E-state index in [1.807, 2.05) is 47.2 Å². The molecule has 3 aromatic heterocycles. The van der Waals surface area contributed by atoms with Crippen LogP contribution in [0.25, 0.3) is 16.8 Å². The van der Waals surface area contributed by atoms with Crippen LogP contribution in [0.3, 0.4) is 0 Å². The summed E-state index contributed by atoms with van der Waals surface area (Å²) in [6.45, 7) is 2.80. The molecule has 146 valence electrons. The SMILES string of the molecule is Fc1ccc(CN2CCCC(c3nc4ccc(-c5cccnc5)cn4n3)C2)cc1. The van der Waals surface area contributed by atoms with Crippen LogP contribution in [0, 0.1) is 5.82 Å². The molecule has 5 rings (SSSR count). The summed E-state index contributed by atoms with van der Waals surface area (Å²) in [4.78, 5) is 11.4. The molecule has 0 amide bonds. The summed E-state index contributed by atoms with van der Waals surface area (Å²) < 4.78 is 15.0. The van der Waals surface area contributed by atoms with E-state index in [2.05, 4.69) is 16.0 Å². The molecule has 1 atom stereocenters. The van der Waals surface area contributed by atoms with Gasteiger partial charge in [0, 0.05) is 48.7 Å². The number of benzene rings is 1. The smallest absolute Gasteiger partial charge is 0.156 e. The van der Waals surface area contributed by atoms with Gasteiger partial charge in [-0.3, -0.25) is 9.88 Å². The maximum absolute atomic E-state index is 13.2. The summed E-state index contributed by atoms with van der Waals surface area (Å²) in [5.74, 6) is 1.02. The maximum Gasteiger partial charge on any atom is 0.156 e. The van der Waals surface area contributed by atoms with Crippen molar-refractivity contribution in [2.75, 3.05) is 13.1 Å². The number of piperidine rings is 1. The molecule has 0 saturated carbocycles. The molecule has 1 saturated heterocycles. The molecule has 0 bridgehead atoms. The number of likely N-dealkylation sites (tertiary alicyclic amines) is 1. The Morgan fingerprint density at radius 1 is 1.03 bits per heavy atom. The Kier molecular flexibility index (Phi) is 4.77. The number of hydrogen-bond acceptors (Lipinski definition) is 4. The van der Waals surface area contributed by atoms with E-state index in [9.17, 15) is 4.39 Å². The average molecular weight is 387 g/mol. The van der Waals surface area contributed by atoms with Gasteiger partial charge in [-0.05, 0) is 55.3 Å². The number of halogens is 1. The highest BCUT2D eigenvalue weighted by molar-refractivity contribution is 5.63. The van der Waals surface area contributed by atoms with Crippen molar-refractivity contribution >= 4 is 5.65 Å². The molecule has 4 heterocycles. The van der Waals surface area contributed by atoms with E-state index < -0.39 is 0 Å². The highest BCUT2D eigenvalue weighted by Crippen LogP contribution is 2.27. The van der Waals surface area contributed by atoms with Gasteiger partial charge in [-0.25, -0.2) is 13.9 Å². The van der Waals surface area contributed by atoms with E-state index in [4.69, 9.17) is 10.1 Å². The second-order valence-electron chi connectivity index (χ2n) is 7.63.